The fraction of sp³-hybridized carbons (Fsp3) is 0.933. The van der Waals surface area contributed by atoms with Gasteiger partial charge in [0.1, 0.15) is 0 Å². The minimum atomic E-state index is -1.73. The van der Waals surface area contributed by atoms with Crippen molar-refractivity contribution in [1.82, 2.24) is 0 Å². The van der Waals surface area contributed by atoms with E-state index in [-0.39, 0.29) is 0 Å². The molecule has 0 aromatic carbocycles. The second-order valence-corrected chi connectivity index (χ2v) is 42.9. The van der Waals surface area contributed by atoms with E-state index in [1.54, 1.807) is 0 Å². The third-order valence-corrected chi connectivity index (χ3v) is 53.0. The van der Waals surface area contributed by atoms with Gasteiger partial charge in [-0.1, -0.05) is 0 Å². The maximum absolute atomic E-state index is 10.2. The van der Waals surface area contributed by atoms with Gasteiger partial charge < -0.3 is 0 Å². The van der Waals surface area contributed by atoms with Crippen molar-refractivity contribution in [2.45, 2.75) is 86.6 Å². The van der Waals surface area contributed by atoms with Crippen LogP contribution in [0, 0.1) is 10.2 Å². The molecular weight excluding hydrogens is 379 g/mol. The molecule has 0 amide bonds. The first kappa shape index (κ1) is 21.9. The summed E-state index contributed by atoms with van der Waals surface area (Å²) in [5, 5.41) is 10.2. The Bertz CT molecular complexity index is 330. The summed E-state index contributed by atoms with van der Waals surface area (Å²) in [6, 6.07) is 0. The summed E-state index contributed by atoms with van der Waals surface area (Å²) in [6.45, 7) is 30.4. The molecule has 6 heteroatoms. The first-order chi connectivity index (χ1) is 8.94. The van der Waals surface area contributed by atoms with Gasteiger partial charge >= 0.3 is 143 Å². The van der Waals surface area contributed by atoms with Crippen LogP contribution in [0.3, 0.4) is 0 Å². The molecule has 1 radical (unpaired) electrons. The predicted molar refractivity (Wildman–Crippen MR) is 112 cm³/mol. The Morgan fingerprint density at radius 3 is 0.857 bits per heavy atom. The van der Waals surface area contributed by atoms with Crippen molar-refractivity contribution in [3.63, 3.8) is 0 Å². The average Bonchev–Trinajstić information content (AvgIpc) is 2.06. The Kier molecular flexibility index (Phi) is 7.09. The molecule has 0 aromatic rings. The van der Waals surface area contributed by atoms with E-state index in [1.807, 2.05) is 0 Å². The number of nitrogens with zero attached hydrogens (tertiary/aromatic N) is 1. The monoisotopic (exact) mass is 418 g/mol. The Balaban J connectivity index is 6.12. The molecule has 0 aliphatic heterocycles. The van der Waals surface area contributed by atoms with Crippen LogP contribution in [0.4, 0.5) is 0 Å². The number of hydrogen-bond acceptors (Lipinski definition) is 1. The molecule has 21 heavy (non-hydrogen) atoms. The quantitative estimate of drug-likeness (QED) is 0.502. The average molecular weight is 417 g/mol. The van der Waals surface area contributed by atoms with Crippen molar-refractivity contribution in [3.8, 4) is 4.90 Å². The summed E-state index contributed by atoms with van der Waals surface area (Å²) in [5.41, 5.74) is 0. The van der Waals surface area contributed by atoms with Gasteiger partial charge in [-0.3, -0.25) is 0 Å². The van der Waals surface area contributed by atoms with Crippen LogP contribution in [-0.2, 0) is 0 Å². The SMILES string of the molecule is C[Si](C)(C)[CH]([Ge]([C]#N)[CH]([Si](C)(C)C)[Si](C)(C)C)[Si](C)(C)C. The van der Waals surface area contributed by atoms with Crippen molar-refractivity contribution in [2.75, 3.05) is 0 Å². The Morgan fingerprint density at radius 1 is 0.571 bits per heavy atom. The molecule has 0 bridgehead atoms. The summed E-state index contributed by atoms with van der Waals surface area (Å²) in [5.74, 6) is 0. The van der Waals surface area contributed by atoms with Crippen LogP contribution in [0.2, 0.25) is 86.6 Å². The van der Waals surface area contributed by atoms with Gasteiger partial charge in [-0.05, 0) is 0 Å². The summed E-state index contributed by atoms with van der Waals surface area (Å²) < 4.78 is 1.75. The summed E-state index contributed by atoms with van der Waals surface area (Å²) >= 11 is -1.73. The molecule has 0 aromatic heterocycles. The van der Waals surface area contributed by atoms with Crippen molar-refractivity contribution in [3.05, 3.63) is 0 Å². The van der Waals surface area contributed by atoms with Crippen LogP contribution in [0.5, 0.6) is 0 Å². The minimum absolute atomic E-state index is 0.874. The molecule has 1 nitrogen and oxygen atoms in total. The van der Waals surface area contributed by atoms with E-state index in [9.17, 15) is 5.26 Å². The van der Waals surface area contributed by atoms with Gasteiger partial charge in [0.05, 0.1) is 0 Å². The van der Waals surface area contributed by atoms with E-state index in [1.165, 1.54) is 0 Å². The van der Waals surface area contributed by atoms with Crippen molar-refractivity contribution >= 4 is 46.6 Å². The fourth-order valence-electron chi connectivity index (χ4n) is 4.76. The molecule has 0 spiro atoms. The topological polar surface area (TPSA) is 23.8 Å². The molecule has 0 heterocycles. The van der Waals surface area contributed by atoms with E-state index >= 15 is 0 Å². The molecular formula is C15H38GeNSi4. The molecule has 0 N–H and O–H groups in total. The molecule has 0 saturated carbocycles. The van der Waals surface area contributed by atoms with Crippen LogP contribution in [0.15, 0.2) is 0 Å². The first-order valence-corrected chi connectivity index (χ1v) is 26.0. The molecule has 0 fully saturated rings. The van der Waals surface area contributed by atoms with Crippen molar-refractivity contribution in [2.24, 2.45) is 0 Å². The third-order valence-electron chi connectivity index (χ3n) is 4.22. The van der Waals surface area contributed by atoms with Gasteiger partial charge in [-0.25, -0.2) is 0 Å². The van der Waals surface area contributed by atoms with Gasteiger partial charge in [-0.15, -0.1) is 0 Å². The molecule has 0 rings (SSSR count). The molecule has 123 valence electrons. The zero-order valence-electron chi connectivity index (χ0n) is 16.6. The number of hydrogen-bond donors (Lipinski definition) is 0. The normalized spacial score (nSPS) is 15.0. The van der Waals surface area contributed by atoms with Gasteiger partial charge in [0, 0.05) is 0 Å². The summed E-state index contributed by atoms with van der Waals surface area (Å²) in [7, 11) is -5.07. The van der Waals surface area contributed by atoms with Crippen LogP contribution in [0.25, 0.3) is 0 Å². The maximum atomic E-state index is 10.2. The second-order valence-electron chi connectivity index (χ2n) is 10.9. The zero-order valence-corrected chi connectivity index (χ0v) is 22.7. The summed E-state index contributed by atoms with van der Waals surface area (Å²) in [4.78, 5) is 3.03. The van der Waals surface area contributed by atoms with Crippen LogP contribution >= 0.6 is 0 Å². The van der Waals surface area contributed by atoms with Gasteiger partial charge in [0.2, 0.25) is 0 Å². The zero-order chi connectivity index (χ0) is 17.4. The standard InChI is InChI=1S/C15H38GeNSi4/c1-18(2,3)14(19(4,5)6)16(13-17)15(20(7,8)9)21(10,11)12/h14-15H,1-12H3. The van der Waals surface area contributed by atoms with Crippen molar-refractivity contribution in [1.29, 1.82) is 5.26 Å². The van der Waals surface area contributed by atoms with Gasteiger partial charge in [0.15, 0.2) is 0 Å². The molecule has 0 unspecified atom stereocenters. The van der Waals surface area contributed by atoms with E-state index in [2.05, 4.69) is 83.5 Å². The Labute approximate surface area is 143 Å². The van der Waals surface area contributed by atoms with Crippen LogP contribution in [-0.4, -0.2) is 46.6 Å². The molecule has 0 aliphatic rings. The molecule has 0 aliphatic carbocycles. The fourth-order valence-corrected chi connectivity index (χ4v) is 62.3. The first-order valence-electron chi connectivity index (χ1n) is 8.21. The molecule has 0 atom stereocenters. The second kappa shape index (κ2) is 6.80. The van der Waals surface area contributed by atoms with Gasteiger partial charge in [0.25, 0.3) is 0 Å². The molecule has 0 saturated heterocycles. The third kappa shape index (κ3) is 6.13. The van der Waals surface area contributed by atoms with E-state index in [0.29, 0.717) is 0 Å². The van der Waals surface area contributed by atoms with E-state index in [4.69, 9.17) is 0 Å². The Hall–Kier alpha value is 0.900. The van der Waals surface area contributed by atoms with E-state index in [0.717, 1.165) is 7.99 Å². The van der Waals surface area contributed by atoms with Gasteiger partial charge in [-0.2, -0.15) is 0 Å². The Morgan fingerprint density at radius 2 is 0.762 bits per heavy atom. The summed E-state index contributed by atoms with van der Waals surface area (Å²) in [6.07, 6.45) is 0. The predicted octanol–water partition coefficient (Wildman–Crippen LogP) is 5.79. The van der Waals surface area contributed by atoms with Crippen LogP contribution < -0.4 is 0 Å². The van der Waals surface area contributed by atoms with Crippen LogP contribution in [0.1, 0.15) is 0 Å². The number of nitriles is 1. The number of rotatable bonds is 6. The van der Waals surface area contributed by atoms with Crippen molar-refractivity contribution < 1.29 is 0 Å². The van der Waals surface area contributed by atoms with E-state index < -0.39 is 46.6 Å².